The summed E-state index contributed by atoms with van der Waals surface area (Å²) >= 11 is 0. The van der Waals surface area contributed by atoms with Gasteiger partial charge in [-0.25, -0.2) is 0 Å². The molecule has 0 aliphatic carbocycles. The number of rotatable bonds is 5. The van der Waals surface area contributed by atoms with Crippen molar-refractivity contribution in [3.05, 3.63) is 95.0 Å². The number of allylic oxidation sites excluding steroid dienone is 2. The summed E-state index contributed by atoms with van der Waals surface area (Å²) in [5, 5.41) is 47.1. The van der Waals surface area contributed by atoms with Crippen LogP contribution in [0.4, 0.5) is 0 Å². The number of phenols is 1. The molecule has 7 nitrogen and oxygen atoms in total. The van der Waals surface area contributed by atoms with Crippen molar-refractivity contribution in [3.63, 3.8) is 0 Å². The summed E-state index contributed by atoms with van der Waals surface area (Å²) in [7, 11) is 0. The Hall–Kier alpha value is -4.00. The van der Waals surface area contributed by atoms with Gasteiger partial charge in [0.1, 0.15) is 11.5 Å². The Morgan fingerprint density at radius 2 is 1.25 bits per heavy atom. The number of aliphatic hydroxyl groups is 4. The number of benzene rings is 2. The summed E-state index contributed by atoms with van der Waals surface area (Å²) in [5.41, 5.74) is 1.84. The lowest BCUT2D eigenvalue weighted by molar-refractivity contribution is -0.0968. The highest BCUT2D eigenvalue weighted by molar-refractivity contribution is 5.58. The van der Waals surface area contributed by atoms with Gasteiger partial charge >= 0.3 is 12.2 Å². The lowest BCUT2D eigenvalue weighted by Crippen LogP contribution is -2.28. The van der Waals surface area contributed by atoms with E-state index in [4.69, 9.17) is 9.47 Å². The van der Waals surface area contributed by atoms with Crippen LogP contribution in [0.25, 0.3) is 12.2 Å². The minimum Gasteiger partial charge on any atom is -0.508 e. The highest BCUT2D eigenvalue weighted by atomic mass is 16.7. The molecule has 1 atom stereocenters. The van der Waals surface area contributed by atoms with Crippen LogP contribution in [-0.2, 0) is 4.74 Å². The molecule has 3 rings (SSSR count). The van der Waals surface area contributed by atoms with Crippen molar-refractivity contribution in [2.75, 3.05) is 0 Å². The Morgan fingerprint density at radius 3 is 1.82 bits per heavy atom. The van der Waals surface area contributed by atoms with Gasteiger partial charge in [0.2, 0.25) is 17.3 Å². The lowest BCUT2D eigenvalue weighted by atomic mass is 10.2. The maximum absolute atomic E-state index is 9.74. The molecule has 144 valence electrons. The van der Waals surface area contributed by atoms with Crippen molar-refractivity contribution in [2.45, 2.75) is 6.29 Å². The molecule has 2 aromatic rings. The molecule has 1 unspecified atom stereocenters. The standard InChI is InChI=1S/C21H18O7/c22-15-9-5-13(6-10-15)3-1-2-4-14-7-11-16(12-8-14)27-21-19(25)17(23)18(24)20(26)28-21/h1-12,21-26H. The van der Waals surface area contributed by atoms with Crippen molar-refractivity contribution in [1.82, 2.24) is 0 Å². The van der Waals surface area contributed by atoms with Crippen molar-refractivity contribution in [2.24, 2.45) is 0 Å². The first-order valence-corrected chi connectivity index (χ1v) is 8.26. The van der Waals surface area contributed by atoms with Crippen LogP contribution in [0.3, 0.4) is 0 Å². The van der Waals surface area contributed by atoms with E-state index in [0.717, 1.165) is 11.1 Å². The highest BCUT2D eigenvalue weighted by Crippen LogP contribution is 2.26. The number of aromatic hydroxyl groups is 1. The Kier molecular flexibility index (Phi) is 5.45. The third kappa shape index (κ3) is 4.39. The maximum atomic E-state index is 9.74. The van der Waals surface area contributed by atoms with Crippen LogP contribution in [0.5, 0.6) is 11.5 Å². The predicted octanol–water partition coefficient (Wildman–Crippen LogP) is 4.47. The molecule has 5 N–H and O–H groups in total. The summed E-state index contributed by atoms with van der Waals surface area (Å²) in [4.78, 5) is 0. The fraction of sp³-hybridized carbons (Fsp3) is 0.0476. The second kappa shape index (κ2) is 8.13. The molecule has 2 aromatic carbocycles. The van der Waals surface area contributed by atoms with Crippen LogP contribution in [0.1, 0.15) is 11.1 Å². The smallest absolute Gasteiger partial charge is 0.328 e. The first kappa shape index (κ1) is 18.8. The van der Waals surface area contributed by atoms with Gasteiger partial charge in [0.05, 0.1) is 0 Å². The number of aliphatic hydroxyl groups excluding tert-OH is 4. The minimum absolute atomic E-state index is 0.218. The molecule has 1 aliphatic rings. The Labute approximate surface area is 160 Å². The summed E-state index contributed by atoms with van der Waals surface area (Å²) in [5.74, 6) is -3.03. The minimum atomic E-state index is -1.48. The summed E-state index contributed by atoms with van der Waals surface area (Å²) in [6, 6.07) is 13.6. The zero-order chi connectivity index (χ0) is 20.1. The van der Waals surface area contributed by atoms with E-state index in [1.807, 2.05) is 24.3 Å². The molecule has 7 heteroatoms. The van der Waals surface area contributed by atoms with Gasteiger partial charge in [-0.1, -0.05) is 48.6 Å². The van der Waals surface area contributed by atoms with Gasteiger partial charge < -0.3 is 35.0 Å². The second-order valence-corrected chi connectivity index (χ2v) is 5.83. The Morgan fingerprint density at radius 1 is 0.714 bits per heavy atom. The van der Waals surface area contributed by atoms with Gasteiger partial charge in [-0.3, -0.25) is 0 Å². The molecule has 0 saturated carbocycles. The van der Waals surface area contributed by atoms with Crippen molar-refractivity contribution < 1.29 is 35.0 Å². The van der Waals surface area contributed by atoms with Crippen LogP contribution in [0.15, 0.2) is 83.9 Å². The Balaban J connectivity index is 1.60. The van der Waals surface area contributed by atoms with E-state index < -0.39 is 29.5 Å². The number of hydrogen-bond acceptors (Lipinski definition) is 7. The number of hydrogen-bond donors (Lipinski definition) is 5. The SMILES string of the molecule is OC1=C(O)C(O)=C(O)C(Oc2ccc(C=CC=Cc3ccc(O)cc3)cc2)O1. The molecule has 0 spiro atoms. The van der Waals surface area contributed by atoms with E-state index in [0.29, 0.717) is 5.75 Å². The molecule has 0 amide bonds. The van der Waals surface area contributed by atoms with Gasteiger partial charge in [-0.15, -0.1) is 0 Å². The molecule has 1 heterocycles. The molecular weight excluding hydrogens is 364 g/mol. The van der Waals surface area contributed by atoms with Crippen LogP contribution < -0.4 is 4.74 Å². The number of ether oxygens (including phenoxy) is 2. The molecule has 28 heavy (non-hydrogen) atoms. The molecule has 0 saturated heterocycles. The normalized spacial score (nSPS) is 17.4. The van der Waals surface area contributed by atoms with E-state index in [2.05, 4.69) is 0 Å². The molecule has 1 aliphatic heterocycles. The lowest BCUT2D eigenvalue weighted by Gasteiger charge is -2.23. The average Bonchev–Trinajstić information content (AvgIpc) is 2.70. The average molecular weight is 382 g/mol. The molecule has 0 radical (unpaired) electrons. The van der Waals surface area contributed by atoms with E-state index in [1.165, 1.54) is 0 Å². The van der Waals surface area contributed by atoms with Crippen LogP contribution >= 0.6 is 0 Å². The Bertz CT molecular complexity index is 951. The first-order valence-electron chi connectivity index (χ1n) is 8.26. The zero-order valence-electron chi connectivity index (χ0n) is 14.6. The fourth-order valence-electron chi connectivity index (χ4n) is 2.33. The van der Waals surface area contributed by atoms with E-state index in [-0.39, 0.29) is 5.75 Å². The van der Waals surface area contributed by atoms with E-state index in [9.17, 15) is 25.5 Å². The first-order chi connectivity index (χ1) is 13.4. The summed E-state index contributed by atoms with van der Waals surface area (Å²) in [6.07, 6.45) is 5.99. The monoisotopic (exact) mass is 382 g/mol. The van der Waals surface area contributed by atoms with Gasteiger partial charge in [0.15, 0.2) is 0 Å². The fourth-order valence-corrected chi connectivity index (χ4v) is 2.33. The largest absolute Gasteiger partial charge is 0.508 e. The zero-order valence-corrected chi connectivity index (χ0v) is 14.6. The van der Waals surface area contributed by atoms with Gasteiger partial charge in [0.25, 0.3) is 0 Å². The third-order valence-corrected chi connectivity index (χ3v) is 3.82. The van der Waals surface area contributed by atoms with Gasteiger partial charge in [-0.05, 0) is 35.4 Å². The summed E-state index contributed by atoms with van der Waals surface area (Å²) in [6.45, 7) is 0. The summed E-state index contributed by atoms with van der Waals surface area (Å²) < 4.78 is 10.2. The quantitative estimate of drug-likeness (QED) is 0.484. The topological polar surface area (TPSA) is 120 Å². The third-order valence-electron chi connectivity index (χ3n) is 3.82. The van der Waals surface area contributed by atoms with Gasteiger partial charge in [-0.2, -0.15) is 0 Å². The van der Waals surface area contributed by atoms with Crippen molar-refractivity contribution >= 4 is 12.2 Å². The molecule has 0 bridgehead atoms. The van der Waals surface area contributed by atoms with Crippen LogP contribution in [-0.4, -0.2) is 31.8 Å². The van der Waals surface area contributed by atoms with Gasteiger partial charge in [0, 0.05) is 0 Å². The highest BCUT2D eigenvalue weighted by Gasteiger charge is 2.32. The second-order valence-electron chi connectivity index (χ2n) is 5.83. The van der Waals surface area contributed by atoms with Crippen molar-refractivity contribution in [3.8, 4) is 11.5 Å². The molecule has 0 fully saturated rings. The van der Waals surface area contributed by atoms with Crippen LogP contribution in [0, 0.1) is 0 Å². The molecular formula is C21H18O7. The van der Waals surface area contributed by atoms with E-state index in [1.54, 1.807) is 48.5 Å². The van der Waals surface area contributed by atoms with Crippen molar-refractivity contribution in [1.29, 1.82) is 0 Å². The van der Waals surface area contributed by atoms with E-state index >= 15 is 0 Å². The predicted molar refractivity (Wildman–Crippen MR) is 103 cm³/mol. The van der Waals surface area contributed by atoms with Crippen LogP contribution in [0.2, 0.25) is 0 Å². The number of phenolic OH excluding ortho intramolecular Hbond substituents is 1. The molecule has 0 aromatic heterocycles. The maximum Gasteiger partial charge on any atom is 0.328 e.